The fourth-order valence-electron chi connectivity index (χ4n) is 2.55. The third-order valence-electron chi connectivity index (χ3n) is 3.68. The van der Waals surface area contributed by atoms with E-state index in [1.807, 2.05) is 23.1 Å². The lowest BCUT2D eigenvalue weighted by Gasteiger charge is -2.26. The summed E-state index contributed by atoms with van der Waals surface area (Å²) in [6, 6.07) is 4.55. The van der Waals surface area contributed by atoms with Gasteiger partial charge in [-0.2, -0.15) is 5.10 Å². The zero-order chi connectivity index (χ0) is 14.5. The molecule has 0 aliphatic heterocycles. The van der Waals surface area contributed by atoms with Crippen LogP contribution in [-0.4, -0.2) is 34.8 Å². The minimum atomic E-state index is 0.249. The summed E-state index contributed by atoms with van der Waals surface area (Å²) in [7, 11) is 4.12. The van der Waals surface area contributed by atoms with Crippen LogP contribution in [0.25, 0.3) is 0 Å². The highest BCUT2D eigenvalue weighted by molar-refractivity contribution is 7.09. The van der Waals surface area contributed by atoms with E-state index in [9.17, 15) is 0 Å². The molecule has 20 heavy (non-hydrogen) atoms. The maximum atomic E-state index is 6.01. The fourth-order valence-corrected chi connectivity index (χ4v) is 3.25. The molecule has 0 aromatic carbocycles. The van der Waals surface area contributed by atoms with Crippen LogP contribution in [0.5, 0.6) is 0 Å². The summed E-state index contributed by atoms with van der Waals surface area (Å²) in [4.78, 5) is 3.77. The largest absolute Gasteiger partial charge is 0.329 e. The molecule has 2 aromatic rings. The molecular weight excluding hydrogens is 268 g/mol. The summed E-state index contributed by atoms with van der Waals surface area (Å²) >= 11 is 1.82. The van der Waals surface area contributed by atoms with Crippen molar-refractivity contribution < 1.29 is 0 Å². The number of rotatable bonds is 7. The third-order valence-corrected chi connectivity index (χ3v) is 4.61. The first-order chi connectivity index (χ1) is 9.65. The van der Waals surface area contributed by atoms with Crippen LogP contribution >= 0.6 is 11.3 Å². The Morgan fingerprint density at radius 1 is 1.50 bits per heavy atom. The summed E-state index contributed by atoms with van der Waals surface area (Å²) in [5, 5.41) is 6.66. The highest BCUT2D eigenvalue weighted by Crippen LogP contribution is 2.22. The number of thiophene rings is 1. The van der Waals surface area contributed by atoms with Crippen LogP contribution in [-0.2, 0) is 19.9 Å². The molecule has 4 nitrogen and oxygen atoms in total. The summed E-state index contributed by atoms with van der Waals surface area (Å²) in [6.07, 6.45) is 4.13. The lowest BCUT2D eigenvalue weighted by Crippen LogP contribution is -2.32. The number of hydrogen-bond donors (Lipinski definition) is 1. The molecule has 2 heterocycles. The maximum absolute atomic E-state index is 6.01. The first kappa shape index (κ1) is 15.2. The van der Waals surface area contributed by atoms with Crippen molar-refractivity contribution in [3.63, 3.8) is 0 Å². The molecule has 0 bridgehead atoms. The fraction of sp³-hybridized carbons (Fsp3) is 0.533. The highest BCUT2D eigenvalue weighted by Gasteiger charge is 2.20. The van der Waals surface area contributed by atoms with E-state index in [1.165, 1.54) is 10.4 Å². The van der Waals surface area contributed by atoms with Gasteiger partial charge in [-0.05, 0) is 31.3 Å². The predicted octanol–water partition coefficient (Wildman–Crippen LogP) is 2.22. The zero-order valence-electron chi connectivity index (χ0n) is 12.5. The molecule has 0 saturated carbocycles. The van der Waals surface area contributed by atoms with Crippen molar-refractivity contribution >= 4 is 11.3 Å². The monoisotopic (exact) mass is 292 g/mol. The second-order valence-corrected chi connectivity index (χ2v) is 6.15. The molecular formula is C15H24N4S. The van der Waals surface area contributed by atoms with E-state index in [4.69, 9.17) is 5.73 Å². The first-order valence-electron chi connectivity index (χ1n) is 7.10. The molecule has 110 valence electrons. The third kappa shape index (κ3) is 3.48. The standard InChI is InChI=1S/C15H24N4S/c1-4-14-13(11-19(3)17-14)15(10-16)18(2)8-7-12-6-5-9-20-12/h5-6,9,11,15H,4,7-8,10,16H2,1-3H3. The van der Waals surface area contributed by atoms with Crippen LogP contribution < -0.4 is 5.73 Å². The number of aromatic nitrogens is 2. The second-order valence-electron chi connectivity index (χ2n) is 5.12. The summed E-state index contributed by atoms with van der Waals surface area (Å²) in [6.45, 7) is 3.78. The molecule has 5 heteroatoms. The molecule has 1 atom stereocenters. The molecule has 1 unspecified atom stereocenters. The van der Waals surface area contributed by atoms with Gasteiger partial charge in [0.15, 0.2) is 0 Å². The molecule has 0 saturated heterocycles. The number of hydrogen-bond acceptors (Lipinski definition) is 4. The molecule has 0 aliphatic carbocycles. The molecule has 2 N–H and O–H groups in total. The van der Waals surface area contributed by atoms with E-state index < -0.39 is 0 Å². The number of aryl methyl sites for hydroxylation is 2. The van der Waals surface area contributed by atoms with E-state index in [-0.39, 0.29) is 6.04 Å². The SMILES string of the molecule is CCc1nn(C)cc1C(CN)N(C)CCc1cccs1. The van der Waals surface area contributed by atoms with Gasteiger partial charge in [0.05, 0.1) is 11.7 Å². The van der Waals surface area contributed by atoms with Gasteiger partial charge in [0, 0.05) is 36.8 Å². The van der Waals surface area contributed by atoms with Crippen molar-refractivity contribution in [2.45, 2.75) is 25.8 Å². The van der Waals surface area contributed by atoms with Gasteiger partial charge in [-0.1, -0.05) is 13.0 Å². The predicted molar refractivity (Wildman–Crippen MR) is 85.0 cm³/mol. The summed E-state index contributed by atoms with van der Waals surface area (Å²) in [5.41, 5.74) is 8.44. The second kappa shape index (κ2) is 7.02. The quantitative estimate of drug-likeness (QED) is 0.851. The van der Waals surface area contributed by atoms with Gasteiger partial charge in [-0.3, -0.25) is 9.58 Å². The van der Waals surface area contributed by atoms with Crippen LogP contribution in [0.1, 0.15) is 29.1 Å². The number of nitrogens with zero attached hydrogens (tertiary/aromatic N) is 3. The Morgan fingerprint density at radius 2 is 2.30 bits per heavy atom. The van der Waals surface area contributed by atoms with Crippen LogP contribution in [0.15, 0.2) is 23.7 Å². The average molecular weight is 292 g/mol. The van der Waals surface area contributed by atoms with Crippen molar-refractivity contribution in [2.75, 3.05) is 20.1 Å². The number of likely N-dealkylation sites (N-methyl/N-ethyl adjacent to an activating group) is 1. The Morgan fingerprint density at radius 3 is 2.90 bits per heavy atom. The Bertz CT molecular complexity index is 518. The van der Waals surface area contributed by atoms with Crippen LogP contribution in [0.4, 0.5) is 0 Å². The Hall–Kier alpha value is -1.17. The average Bonchev–Trinajstić information content (AvgIpc) is 3.06. The van der Waals surface area contributed by atoms with E-state index in [0.29, 0.717) is 6.54 Å². The smallest absolute Gasteiger partial charge is 0.0670 e. The topological polar surface area (TPSA) is 47.1 Å². The molecule has 0 spiro atoms. The van der Waals surface area contributed by atoms with Gasteiger partial charge in [0.25, 0.3) is 0 Å². The highest BCUT2D eigenvalue weighted by atomic mass is 32.1. The van der Waals surface area contributed by atoms with Crippen LogP contribution in [0.3, 0.4) is 0 Å². The van der Waals surface area contributed by atoms with Gasteiger partial charge >= 0.3 is 0 Å². The van der Waals surface area contributed by atoms with Gasteiger partial charge in [-0.15, -0.1) is 11.3 Å². The van der Waals surface area contributed by atoms with E-state index in [1.54, 1.807) is 0 Å². The summed E-state index contributed by atoms with van der Waals surface area (Å²) in [5.74, 6) is 0. The Labute approximate surface area is 125 Å². The van der Waals surface area contributed by atoms with Gasteiger partial charge in [0.2, 0.25) is 0 Å². The first-order valence-corrected chi connectivity index (χ1v) is 7.98. The lowest BCUT2D eigenvalue weighted by molar-refractivity contribution is 0.252. The van der Waals surface area contributed by atoms with Crippen molar-refractivity contribution in [3.05, 3.63) is 39.8 Å². The Balaban J connectivity index is 2.06. The molecule has 0 aliphatic rings. The normalized spacial score (nSPS) is 13.1. The van der Waals surface area contributed by atoms with Gasteiger partial charge < -0.3 is 5.73 Å². The van der Waals surface area contributed by atoms with Crippen molar-refractivity contribution in [2.24, 2.45) is 12.8 Å². The minimum absolute atomic E-state index is 0.249. The van der Waals surface area contributed by atoms with E-state index in [2.05, 4.69) is 47.7 Å². The maximum Gasteiger partial charge on any atom is 0.0670 e. The van der Waals surface area contributed by atoms with Gasteiger partial charge in [0.1, 0.15) is 0 Å². The molecule has 0 radical (unpaired) electrons. The Kier molecular flexibility index (Phi) is 5.34. The van der Waals surface area contributed by atoms with Crippen LogP contribution in [0, 0.1) is 0 Å². The van der Waals surface area contributed by atoms with Crippen molar-refractivity contribution in [3.8, 4) is 0 Å². The van der Waals surface area contributed by atoms with E-state index >= 15 is 0 Å². The molecule has 2 aromatic heterocycles. The van der Waals surface area contributed by atoms with Crippen molar-refractivity contribution in [1.29, 1.82) is 0 Å². The van der Waals surface area contributed by atoms with E-state index in [0.717, 1.165) is 25.1 Å². The zero-order valence-corrected chi connectivity index (χ0v) is 13.4. The molecule has 2 rings (SSSR count). The van der Waals surface area contributed by atoms with Gasteiger partial charge in [-0.25, -0.2) is 0 Å². The minimum Gasteiger partial charge on any atom is -0.329 e. The summed E-state index contributed by atoms with van der Waals surface area (Å²) < 4.78 is 1.89. The lowest BCUT2D eigenvalue weighted by atomic mass is 10.0. The molecule has 0 fully saturated rings. The van der Waals surface area contributed by atoms with Crippen molar-refractivity contribution in [1.82, 2.24) is 14.7 Å². The number of nitrogens with two attached hydrogens (primary N) is 1. The van der Waals surface area contributed by atoms with Crippen LogP contribution in [0.2, 0.25) is 0 Å². The molecule has 0 amide bonds.